The molecule has 2 fully saturated rings. The van der Waals surface area contributed by atoms with Crippen molar-refractivity contribution in [3.63, 3.8) is 0 Å². The zero-order chi connectivity index (χ0) is 19.1. The van der Waals surface area contributed by atoms with E-state index in [1.807, 2.05) is 18.2 Å². The number of halogens is 3. The van der Waals surface area contributed by atoms with Gasteiger partial charge in [0.15, 0.2) is 5.69 Å². The van der Waals surface area contributed by atoms with Crippen LogP contribution in [0.3, 0.4) is 0 Å². The molecule has 3 heterocycles. The van der Waals surface area contributed by atoms with Gasteiger partial charge >= 0.3 is 5.97 Å². The fourth-order valence-electron chi connectivity index (χ4n) is 4.51. The van der Waals surface area contributed by atoms with E-state index in [1.54, 1.807) is 13.2 Å². The summed E-state index contributed by atoms with van der Waals surface area (Å²) in [6, 6.07) is 12.0. The number of carbonyl (C=O) groups is 1. The molecule has 0 amide bonds. The van der Waals surface area contributed by atoms with Gasteiger partial charge < -0.3 is 14.7 Å². The average molecular weight is 461 g/mol. The third-order valence-corrected chi connectivity index (χ3v) is 6.01. The maximum Gasteiger partial charge on any atom is 0.356 e. The number of methoxy groups -OCH3 is 1. The molecule has 1 aromatic carbocycles. The summed E-state index contributed by atoms with van der Waals surface area (Å²) < 4.78 is 5.27. The SMILES string of the molecule is COc1ccc([C@@H]2[C@@H]3CN(c4ccc(Cl)c(C(=O)O)n4)C[C@@H]3CN2C)cc1.Cl.Cl. The topological polar surface area (TPSA) is 65.9 Å². The maximum atomic E-state index is 11.3. The molecule has 0 saturated carbocycles. The molecule has 29 heavy (non-hydrogen) atoms. The lowest BCUT2D eigenvalue weighted by Crippen LogP contribution is -2.29. The summed E-state index contributed by atoms with van der Waals surface area (Å²) in [4.78, 5) is 20.2. The van der Waals surface area contributed by atoms with Crippen LogP contribution in [0.4, 0.5) is 5.82 Å². The van der Waals surface area contributed by atoms with Crippen LogP contribution in [0.1, 0.15) is 22.1 Å². The number of likely N-dealkylation sites (tertiary alicyclic amines) is 1. The van der Waals surface area contributed by atoms with Gasteiger partial charge in [0.1, 0.15) is 11.6 Å². The Balaban J connectivity index is 0.00000150. The number of aromatic carboxylic acids is 1. The molecule has 3 atom stereocenters. The first-order chi connectivity index (χ1) is 13.0. The van der Waals surface area contributed by atoms with Gasteiger partial charge in [-0.05, 0) is 42.8 Å². The highest BCUT2D eigenvalue weighted by Gasteiger charge is 2.46. The quantitative estimate of drug-likeness (QED) is 0.743. The second kappa shape index (κ2) is 9.39. The monoisotopic (exact) mass is 459 g/mol. The summed E-state index contributed by atoms with van der Waals surface area (Å²) >= 11 is 5.96. The highest BCUT2D eigenvalue weighted by Crippen LogP contribution is 2.45. The minimum absolute atomic E-state index is 0. The number of hydrogen-bond donors (Lipinski definition) is 1. The number of benzene rings is 1. The predicted octanol–water partition coefficient (Wildman–Crippen LogP) is 4.02. The van der Waals surface area contributed by atoms with E-state index in [9.17, 15) is 9.90 Å². The van der Waals surface area contributed by atoms with Crippen LogP contribution in [0.2, 0.25) is 5.02 Å². The molecule has 2 aliphatic rings. The lowest BCUT2D eigenvalue weighted by atomic mass is 9.89. The molecule has 1 aromatic heterocycles. The summed E-state index contributed by atoms with van der Waals surface area (Å²) in [5.41, 5.74) is 1.19. The summed E-state index contributed by atoms with van der Waals surface area (Å²) in [5.74, 6) is 1.43. The molecule has 2 aliphatic heterocycles. The van der Waals surface area contributed by atoms with Gasteiger partial charge in [-0.15, -0.1) is 24.8 Å². The molecule has 0 radical (unpaired) electrons. The third kappa shape index (κ3) is 4.40. The van der Waals surface area contributed by atoms with Crippen LogP contribution in [-0.2, 0) is 0 Å². The van der Waals surface area contributed by atoms with E-state index in [-0.39, 0.29) is 35.5 Å². The van der Waals surface area contributed by atoms with Crippen LogP contribution in [0.5, 0.6) is 5.75 Å². The van der Waals surface area contributed by atoms with Gasteiger partial charge in [0.2, 0.25) is 0 Å². The predicted molar refractivity (Wildman–Crippen MR) is 118 cm³/mol. The van der Waals surface area contributed by atoms with E-state index in [0.717, 1.165) is 25.4 Å². The van der Waals surface area contributed by atoms with Crippen molar-refractivity contribution >= 4 is 48.2 Å². The van der Waals surface area contributed by atoms with Crippen molar-refractivity contribution in [2.24, 2.45) is 11.8 Å². The number of fused-ring (bicyclic) bond motifs is 1. The Kier molecular flexibility index (Phi) is 7.62. The van der Waals surface area contributed by atoms with E-state index in [4.69, 9.17) is 16.3 Å². The molecule has 1 N–H and O–H groups in total. The van der Waals surface area contributed by atoms with Crippen molar-refractivity contribution in [1.29, 1.82) is 0 Å². The number of carboxylic acids is 1. The molecule has 2 saturated heterocycles. The van der Waals surface area contributed by atoms with E-state index in [2.05, 4.69) is 34.0 Å². The Labute approximate surface area is 187 Å². The molecule has 0 aliphatic carbocycles. The molecule has 6 nitrogen and oxygen atoms in total. The molecule has 0 spiro atoms. The van der Waals surface area contributed by atoms with Crippen LogP contribution in [0, 0.1) is 11.8 Å². The van der Waals surface area contributed by atoms with E-state index in [1.165, 1.54) is 5.56 Å². The van der Waals surface area contributed by atoms with Gasteiger partial charge in [0.25, 0.3) is 0 Å². The van der Waals surface area contributed by atoms with Crippen molar-refractivity contribution in [2.45, 2.75) is 6.04 Å². The largest absolute Gasteiger partial charge is 0.497 e. The Bertz CT molecular complexity index is 866. The number of pyridine rings is 1. The highest BCUT2D eigenvalue weighted by atomic mass is 35.5. The van der Waals surface area contributed by atoms with Crippen molar-refractivity contribution in [3.8, 4) is 5.75 Å². The first-order valence-corrected chi connectivity index (χ1v) is 9.34. The zero-order valence-corrected chi connectivity index (χ0v) is 18.5. The summed E-state index contributed by atoms with van der Waals surface area (Å²) in [5, 5.41) is 9.45. The van der Waals surface area contributed by atoms with Crippen molar-refractivity contribution in [3.05, 3.63) is 52.7 Å². The van der Waals surface area contributed by atoms with Crippen molar-refractivity contribution < 1.29 is 14.6 Å². The van der Waals surface area contributed by atoms with Crippen LogP contribution in [0.15, 0.2) is 36.4 Å². The van der Waals surface area contributed by atoms with Crippen molar-refractivity contribution in [1.82, 2.24) is 9.88 Å². The minimum Gasteiger partial charge on any atom is -0.497 e. The number of aromatic nitrogens is 1. The van der Waals surface area contributed by atoms with Crippen LogP contribution >= 0.6 is 36.4 Å². The number of ether oxygens (including phenoxy) is 1. The summed E-state index contributed by atoms with van der Waals surface area (Å²) in [6.07, 6.45) is 0. The van der Waals surface area contributed by atoms with Crippen molar-refractivity contribution in [2.75, 3.05) is 38.7 Å². The molecular formula is C20H24Cl3N3O3. The number of carboxylic acid groups (broad SMARTS) is 1. The van der Waals surface area contributed by atoms with Crippen LogP contribution in [-0.4, -0.2) is 54.8 Å². The fourth-order valence-corrected chi connectivity index (χ4v) is 4.69. The maximum absolute atomic E-state index is 11.3. The fraction of sp³-hybridized carbons (Fsp3) is 0.400. The Morgan fingerprint density at radius 3 is 2.45 bits per heavy atom. The summed E-state index contributed by atoms with van der Waals surface area (Å²) in [6.45, 7) is 2.73. The Morgan fingerprint density at radius 1 is 1.14 bits per heavy atom. The number of nitrogens with zero attached hydrogens (tertiary/aromatic N) is 3. The minimum atomic E-state index is -1.10. The molecule has 0 unspecified atom stereocenters. The highest BCUT2D eigenvalue weighted by molar-refractivity contribution is 6.33. The first kappa shape index (κ1) is 23.5. The second-order valence-corrected chi connectivity index (χ2v) is 7.70. The Hall–Kier alpha value is -1.73. The van der Waals surface area contributed by atoms with Gasteiger partial charge in [-0.1, -0.05) is 23.7 Å². The Morgan fingerprint density at radius 2 is 1.83 bits per heavy atom. The normalized spacial score (nSPS) is 23.1. The molecule has 4 rings (SSSR count). The van der Waals surface area contributed by atoms with Gasteiger partial charge in [-0.25, -0.2) is 9.78 Å². The van der Waals surface area contributed by atoms with Gasteiger partial charge in [-0.3, -0.25) is 4.90 Å². The lowest BCUT2D eigenvalue weighted by Gasteiger charge is -2.27. The molecule has 0 bridgehead atoms. The average Bonchev–Trinajstić information content (AvgIpc) is 3.18. The van der Waals surface area contributed by atoms with Crippen LogP contribution in [0.25, 0.3) is 0 Å². The first-order valence-electron chi connectivity index (χ1n) is 8.97. The third-order valence-electron chi connectivity index (χ3n) is 5.71. The molecule has 9 heteroatoms. The molecular weight excluding hydrogens is 437 g/mol. The smallest absolute Gasteiger partial charge is 0.356 e. The molecule has 158 valence electrons. The standard InChI is InChI=1S/C20H22ClN3O3.2ClH/c1-23-9-13-10-24(17-8-7-16(21)18(22-17)20(25)26)11-15(13)19(23)12-3-5-14(27-2)6-4-12;;/h3-8,13,15,19H,9-11H2,1-2H3,(H,25,26);2*1H/t13-,15+,19+;;/m0../s1. The molecule has 2 aromatic rings. The summed E-state index contributed by atoms with van der Waals surface area (Å²) in [7, 11) is 3.84. The van der Waals surface area contributed by atoms with Gasteiger partial charge in [0, 0.05) is 31.6 Å². The van der Waals surface area contributed by atoms with E-state index in [0.29, 0.717) is 23.7 Å². The number of rotatable bonds is 4. The second-order valence-electron chi connectivity index (χ2n) is 7.29. The number of anilines is 1. The number of hydrogen-bond acceptors (Lipinski definition) is 5. The lowest BCUT2D eigenvalue weighted by molar-refractivity contribution is 0.0691. The van der Waals surface area contributed by atoms with Crippen LogP contribution < -0.4 is 9.64 Å². The van der Waals surface area contributed by atoms with E-state index >= 15 is 0 Å². The van der Waals surface area contributed by atoms with Gasteiger partial charge in [0.05, 0.1) is 12.1 Å². The van der Waals surface area contributed by atoms with E-state index < -0.39 is 5.97 Å². The van der Waals surface area contributed by atoms with Gasteiger partial charge in [-0.2, -0.15) is 0 Å². The zero-order valence-electron chi connectivity index (χ0n) is 16.1.